The van der Waals surface area contributed by atoms with Crippen LogP contribution in [0, 0.1) is 5.92 Å². The molecule has 0 aliphatic rings. The molecule has 0 bridgehead atoms. The predicted molar refractivity (Wildman–Crippen MR) is 62.6 cm³/mol. The van der Waals surface area contributed by atoms with Gasteiger partial charge < -0.3 is 5.32 Å². The zero-order valence-electron chi connectivity index (χ0n) is 9.83. The van der Waals surface area contributed by atoms with Crippen LogP contribution >= 0.6 is 0 Å². The number of hydrogen-bond acceptors (Lipinski definition) is 4. The average Bonchev–Trinajstić information content (AvgIpc) is 2.19. The second kappa shape index (κ2) is 5.48. The lowest BCUT2D eigenvalue weighted by Crippen LogP contribution is -2.29. The first kappa shape index (κ1) is 12.5. The Kier molecular flexibility index (Phi) is 4.28. The highest BCUT2D eigenvalue weighted by Gasteiger charge is 2.07. The lowest BCUT2D eigenvalue weighted by atomic mass is 10.0. The van der Waals surface area contributed by atoms with Gasteiger partial charge in [-0.15, -0.1) is 5.10 Å². The predicted octanol–water partition coefficient (Wildman–Crippen LogP) is 0.695. The van der Waals surface area contributed by atoms with Gasteiger partial charge in [-0.25, -0.2) is 9.89 Å². The maximum Gasteiger partial charge on any atom is 0.342 e. The summed E-state index contributed by atoms with van der Waals surface area (Å²) in [6.45, 7) is 6.28. The first-order chi connectivity index (χ1) is 7.49. The van der Waals surface area contributed by atoms with E-state index in [9.17, 15) is 9.59 Å². The minimum atomic E-state index is -0.592. The molecule has 0 radical (unpaired) electrons. The van der Waals surface area contributed by atoms with Crippen LogP contribution in [0.4, 0.5) is 5.82 Å². The van der Waals surface area contributed by atoms with Gasteiger partial charge in [0.2, 0.25) is 5.82 Å². The van der Waals surface area contributed by atoms with E-state index in [2.05, 4.69) is 34.3 Å². The van der Waals surface area contributed by atoms with E-state index in [-0.39, 0.29) is 11.9 Å². The molecule has 1 aromatic rings. The molecule has 0 saturated carbocycles. The fourth-order valence-electron chi connectivity index (χ4n) is 1.33. The van der Waals surface area contributed by atoms with Gasteiger partial charge in [0.1, 0.15) is 0 Å². The lowest BCUT2D eigenvalue weighted by Gasteiger charge is -2.14. The van der Waals surface area contributed by atoms with Crippen LogP contribution in [0.1, 0.15) is 33.6 Å². The maximum atomic E-state index is 11.3. The molecule has 1 rings (SSSR count). The largest absolute Gasteiger partial charge is 0.362 e. The molecular formula is C10H18N4O2. The number of anilines is 1. The second-order valence-corrected chi connectivity index (χ2v) is 4.37. The van der Waals surface area contributed by atoms with E-state index in [4.69, 9.17) is 0 Å². The Labute approximate surface area is 93.5 Å². The standard InChI is InChI=1S/C10H18N4O2/c1-6(2)4-5-7(3)11-8-9(15)12-10(16)14-13-8/h6-7H,4-5H2,1-3H3,(H,11,13)(H2,12,14,15,16). The van der Waals surface area contributed by atoms with E-state index in [0.717, 1.165) is 12.8 Å². The normalized spacial score (nSPS) is 12.8. The van der Waals surface area contributed by atoms with Crippen LogP contribution in [0.15, 0.2) is 9.59 Å². The molecule has 6 nitrogen and oxygen atoms in total. The van der Waals surface area contributed by atoms with E-state index in [1.165, 1.54) is 0 Å². The van der Waals surface area contributed by atoms with E-state index in [0.29, 0.717) is 5.92 Å². The van der Waals surface area contributed by atoms with Crippen molar-refractivity contribution >= 4 is 5.82 Å². The molecule has 3 N–H and O–H groups in total. The van der Waals surface area contributed by atoms with E-state index in [1.54, 1.807) is 0 Å². The average molecular weight is 226 g/mol. The second-order valence-electron chi connectivity index (χ2n) is 4.37. The molecule has 1 heterocycles. The molecule has 6 heteroatoms. The fraction of sp³-hybridized carbons (Fsp3) is 0.700. The molecule has 0 amide bonds. The molecule has 0 aromatic carbocycles. The monoisotopic (exact) mass is 226 g/mol. The number of rotatable bonds is 5. The number of aromatic amines is 2. The molecule has 0 fully saturated rings. The van der Waals surface area contributed by atoms with Crippen molar-refractivity contribution in [2.45, 2.75) is 39.7 Å². The number of nitrogens with one attached hydrogen (secondary N) is 3. The minimum absolute atomic E-state index is 0.155. The van der Waals surface area contributed by atoms with Gasteiger partial charge in [-0.3, -0.25) is 9.78 Å². The van der Waals surface area contributed by atoms with Gasteiger partial charge in [0, 0.05) is 6.04 Å². The van der Waals surface area contributed by atoms with Gasteiger partial charge in [-0.05, 0) is 25.7 Å². The summed E-state index contributed by atoms with van der Waals surface area (Å²) in [5, 5.41) is 8.81. The van der Waals surface area contributed by atoms with Crippen LogP contribution in [0.5, 0.6) is 0 Å². The van der Waals surface area contributed by atoms with Gasteiger partial charge >= 0.3 is 5.69 Å². The Balaban J connectivity index is 2.59. The number of hydrogen-bond donors (Lipinski definition) is 3. The Morgan fingerprint density at radius 2 is 1.94 bits per heavy atom. The van der Waals surface area contributed by atoms with Crippen molar-refractivity contribution in [3.8, 4) is 0 Å². The third kappa shape index (κ3) is 3.88. The molecule has 1 aromatic heterocycles. The molecule has 0 aliphatic heterocycles. The molecule has 90 valence electrons. The van der Waals surface area contributed by atoms with Crippen LogP contribution in [0.25, 0.3) is 0 Å². The highest BCUT2D eigenvalue weighted by molar-refractivity contribution is 5.29. The van der Waals surface area contributed by atoms with Crippen LogP contribution in [0.3, 0.4) is 0 Å². The first-order valence-corrected chi connectivity index (χ1v) is 5.44. The molecule has 1 atom stereocenters. The van der Waals surface area contributed by atoms with Crippen LogP contribution in [0.2, 0.25) is 0 Å². The van der Waals surface area contributed by atoms with Gasteiger partial charge in [-0.2, -0.15) is 0 Å². The summed E-state index contributed by atoms with van der Waals surface area (Å²) in [4.78, 5) is 24.2. The van der Waals surface area contributed by atoms with Gasteiger partial charge in [0.15, 0.2) is 0 Å². The zero-order valence-corrected chi connectivity index (χ0v) is 9.83. The quantitative estimate of drug-likeness (QED) is 0.689. The lowest BCUT2D eigenvalue weighted by molar-refractivity contribution is 0.526. The summed E-state index contributed by atoms with van der Waals surface area (Å²) in [5.41, 5.74) is -1.08. The third-order valence-corrected chi connectivity index (χ3v) is 2.27. The molecular weight excluding hydrogens is 208 g/mol. The summed E-state index contributed by atoms with van der Waals surface area (Å²) in [6, 6.07) is 0.155. The highest BCUT2D eigenvalue weighted by Crippen LogP contribution is 2.08. The topological polar surface area (TPSA) is 90.6 Å². The van der Waals surface area contributed by atoms with Crippen molar-refractivity contribution in [3.05, 3.63) is 20.8 Å². The number of H-pyrrole nitrogens is 2. The molecule has 0 saturated heterocycles. The third-order valence-electron chi connectivity index (χ3n) is 2.27. The van der Waals surface area contributed by atoms with Crippen LogP contribution in [-0.4, -0.2) is 21.2 Å². The summed E-state index contributed by atoms with van der Waals surface area (Å²) in [6.07, 6.45) is 2.04. The van der Waals surface area contributed by atoms with Gasteiger partial charge in [0.05, 0.1) is 0 Å². The minimum Gasteiger partial charge on any atom is -0.362 e. The molecule has 0 spiro atoms. The summed E-state index contributed by atoms with van der Waals surface area (Å²) in [7, 11) is 0. The summed E-state index contributed by atoms with van der Waals surface area (Å²) < 4.78 is 0. The van der Waals surface area contributed by atoms with Gasteiger partial charge in [-0.1, -0.05) is 13.8 Å². The SMILES string of the molecule is CC(C)CCC(C)Nc1n[nH]c(=O)[nH]c1=O. The van der Waals surface area contributed by atoms with Crippen molar-refractivity contribution in [2.75, 3.05) is 5.32 Å². The van der Waals surface area contributed by atoms with Crippen molar-refractivity contribution in [1.82, 2.24) is 15.2 Å². The van der Waals surface area contributed by atoms with Crippen molar-refractivity contribution in [2.24, 2.45) is 5.92 Å². The van der Waals surface area contributed by atoms with Crippen molar-refractivity contribution < 1.29 is 0 Å². The van der Waals surface area contributed by atoms with Gasteiger partial charge in [0.25, 0.3) is 5.56 Å². The Morgan fingerprint density at radius 1 is 1.25 bits per heavy atom. The summed E-state index contributed by atoms with van der Waals surface area (Å²) in [5.74, 6) is 0.793. The Morgan fingerprint density at radius 3 is 2.50 bits per heavy atom. The highest BCUT2D eigenvalue weighted by atomic mass is 16.2. The van der Waals surface area contributed by atoms with Crippen molar-refractivity contribution in [1.29, 1.82) is 0 Å². The maximum absolute atomic E-state index is 11.3. The van der Waals surface area contributed by atoms with E-state index < -0.39 is 11.2 Å². The fourth-order valence-corrected chi connectivity index (χ4v) is 1.33. The van der Waals surface area contributed by atoms with Crippen LogP contribution in [-0.2, 0) is 0 Å². The molecule has 1 unspecified atom stereocenters. The summed E-state index contributed by atoms with van der Waals surface area (Å²) >= 11 is 0. The molecule has 0 aliphatic carbocycles. The van der Waals surface area contributed by atoms with Crippen molar-refractivity contribution in [3.63, 3.8) is 0 Å². The van der Waals surface area contributed by atoms with E-state index in [1.807, 2.05) is 6.92 Å². The number of nitrogens with zero attached hydrogens (tertiary/aromatic N) is 1. The molecule has 16 heavy (non-hydrogen) atoms. The number of aromatic nitrogens is 3. The Bertz CT molecular complexity index is 435. The smallest absolute Gasteiger partial charge is 0.342 e. The van der Waals surface area contributed by atoms with E-state index >= 15 is 0 Å². The first-order valence-electron chi connectivity index (χ1n) is 5.44. The van der Waals surface area contributed by atoms with Crippen LogP contribution < -0.4 is 16.6 Å². The Hall–Kier alpha value is -1.59. The zero-order chi connectivity index (χ0) is 12.1.